The van der Waals surface area contributed by atoms with Gasteiger partial charge >= 0.3 is 0 Å². The van der Waals surface area contributed by atoms with Crippen molar-refractivity contribution in [3.8, 4) is 0 Å². The lowest BCUT2D eigenvalue weighted by molar-refractivity contribution is -0.133. The van der Waals surface area contributed by atoms with Crippen LogP contribution in [0.5, 0.6) is 0 Å². The van der Waals surface area contributed by atoms with Crippen LogP contribution in [0, 0.1) is 0 Å². The molecule has 1 unspecified atom stereocenters. The molecule has 2 aromatic rings. The lowest BCUT2D eigenvalue weighted by Crippen LogP contribution is -2.52. The van der Waals surface area contributed by atoms with Crippen molar-refractivity contribution in [2.45, 2.75) is 18.9 Å². The molecule has 0 spiro atoms. The first-order valence-electron chi connectivity index (χ1n) is 7.88. The zero-order chi connectivity index (χ0) is 15.4. The molecule has 0 saturated carbocycles. The summed E-state index contributed by atoms with van der Waals surface area (Å²) in [4.78, 5) is 15.1. The van der Waals surface area contributed by atoms with E-state index >= 15 is 0 Å². The molecule has 1 heterocycles. The summed E-state index contributed by atoms with van der Waals surface area (Å²) in [6.07, 6.45) is 0. The van der Waals surface area contributed by atoms with Crippen molar-refractivity contribution >= 4 is 18.3 Å². The first kappa shape index (κ1) is 17.5. The molecule has 0 aliphatic carbocycles. The van der Waals surface area contributed by atoms with Crippen LogP contribution in [0.15, 0.2) is 60.7 Å². The van der Waals surface area contributed by atoms with Gasteiger partial charge in [0.05, 0.1) is 5.92 Å². The van der Waals surface area contributed by atoms with Gasteiger partial charge in [-0.3, -0.25) is 4.79 Å². The Labute approximate surface area is 144 Å². The summed E-state index contributed by atoms with van der Waals surface area (Å²) in [6, 6.07) is 20.5. The van der Waals surface area contributed by atoms with Crippen LogP contribution in [-0.4, -0.2) is 36.5 Å². The molecule has 23 heavy (non-hydrogen) atoms. The van der Waals surface area contributed by atoms with Gasteiger partial charge in [0.1, 0.15) is 0 Å². The third-order valence-electron chi connectivity index (χ3n) is 4.19. The number of carbonyl (C=O) groups is 1. The molecule has 4 heteroatoms. The Morgan fingerprint density at radius 2 is 1.57 bits per heavy atom. The van der Waals surface area contributed by atoms with Gasteiger partial charge in [0.15, 0.2) is 0 Å². The van der Waals surface area contributed by atoms with Crippen molar-refractivity contribution in [3.63, 3.8) is 0 Å². The second-order valence-corrected chi connectivity index (χ2v) is 5.89. The summed E-state index contributed by atoms with van der Waals surface area (Å²) < 4.78 is 0. The van der Waals surface area contributed by atoms with Crippen molar-refractivity contribution < 1.29 is 4.79 Å². The molecule has 1 aliphatic heterocycles. The second-order valence-electron chi connectivity index (χ2n) is 5.89. The van der Waals surface area contributed by atoms with Gasteiger partial charge in [-0.05, 0) is 18.1 Å². The molecule has 3 rings (SSSR count). The van der Waals surface area contributed by atoms with Crippen molar-refractivity contribution in [3.05, 3.63) is 71.8 Å². The number of amides is 1. The standard InChI is InChI=1S/C19H22N2O.ClH/c1-15-14-21(13-12-20-15)19(22)18(16-8-4-2-5-9-16)17-10-6-3-7-11-17;/h2-11,15,18,20H,12-14H2,1H3;1H. The van der Waals surface area contributed by atoms with Crippen LogP contribution < -0.4 is 5.32 Å². The van der Waals surface area contributed by atoms with Gasteiger partial charge in [-0.15, -0.1) is 12.4 Å². The quantitative estimate of drug-likeness (QED) is 0.938. The number of nitrogens with zero attached hydrogens (tertiary/aromatic N) is 1. The van der Waals surface area contributed by atoms with E-state index in [-0.39, 0.29) is 24.2 Å². The first-order valence-corrected chi connectivity index (χ1v) is 7.88. The topological polar surface area (TPSA) is 32.3 Å². The Hall–Kier alpha value is -1.84. The molecule has 1 atom stereocenters. The number of carbonyl (C=O) groups excluding carboxylic acids is 1. The Morgan fingerprint density at radius 3 is 2.04 bits per heavy atom. The zero-order valence-electron chi connectivity index (χ0n) is 13.3. The molecule has 122 valence electrons. The third-order valence-corrected chi connectivity index (χ3v) is 4.19. The molecule has 1 amide bonds. The summed E-state index contributed by atoms with van der Waals surface area (Å²) in [5.41, 5.74) is 2.12. The average molecular weight is 331 g/mol. The fraction of sp³-hybridized carbons (Fsp3) is 0.316. The van der Waals surface area contributed by atoms with E-state index in [1.54, 1.807) is 0 Å². The van der Waals surface area contributed by atoms with E-state index in [4.69, 9.17) is 0 Å². The maximum absolute atomic E-state index is 13.1. The van der Waals surface area contributed by atoms with Crippen LogP contribution in [0.3, 0.4) is 0 Å². The van der Waals surface area contributed by atoms with Gasteiger partial charge in [-0.2, -0.15) is 0 Å². The Morgan fingerprint density at radius 1 is 1.04 bits per heavy atom. The molecule has 0 bridgehead atoms. The highest BCUT2D eigenvalue weighted by atomic mass is 35.5. The monoisotopic (exact) mass is 330 g/mol. The van der Waals surface area contributed by atoms with Crippen LogP contribution in [0.4, 0.5) is 0 Å². The van der Waals surface area contributed by atoms with Gasteiger partial charge < -0.3 is 10.2 Å². The van der Waals surface area contributed by atoms with Gasteiger partial charge in [-0.1, -0.05) is 60.7 Å². The van der Waals surface area contributed by atoms with Crippen LogP contribution in [0.25, 0.3) is 0 Å². The van der Waals surface area contributed by atoms with Gasteiger partial charge in [0.25, 0.3) is 0 Å². The summed E-state index contributed by atoms with van der Waals surface area (Å²) in [5.74, 6) is -0.0153. The second kappa shape index (κ2) is 8.14. The van der Waals surface area contributed by atoms with Gasteiger partial charge in [-0.25, -0.2) is 0 Å². The van der Waals surface area contributed by atoms with Crippen molar-refractivity contribution in [2.24, 2.45) is 0 Å². The Kier molecular flexibility index (Phi) is 6.20. The van der Waals surface area contributed by atoms with E-state index in [9.17, 15) is 4.79 Å². The molecule has 0 radical (unpaired) electrons. The van der Waals surface area contributed by atoms with E-state index < -0.39 is 0 Å². The highest BCUT2D eigenvalue weighted by Gasteiger charge is 2.29. The third kappa shape index (κ3) is 4.12. The van der Waals surface area contributed by atoms with Crippen molar-refractivity contribution in [1.82, 2.24) is 10.2 Å². The molecule has 1 aliphatic rings. The minimum Gasteiger partial charge on any atom is -0.339 e. The highest BCUT2D eigenvalue weighted by molar-refractivity contribution is 5.87. The molecule has 1 fully saturated rings. The number of hydrogen-bond acceptors (Lipinski definition) is 2. The Bertz CT molecular complexity index is 578. The molecule has 2 aromatic carbocycles. The molecule has 3 nitrogen and oxygen atoms in total. The lowest BCUT2D eigenvalue weighted by atomic mass is 9.89. The van der Waals surface area contributed by atoms with Crippen LogP contribution >= 0.6 is 12.4 Å². The average Bonchev–Trinajstić information content (AvgIpc) is 2.57. The number of benzene rings is 2. The highest BCUT2D eigenvalue weighted by Crippen LogP contribution is 2.27. The van der Waals surface area contributed by atoms with E-state index in [1.165, 1.54) is 0 Å². The van der Waals surface area contributed by atoms with E-state index in [2.05, 4.69) is 12.2 Å². The van der Waals surface area contributed by atoms with Crippen LogP contribution in [-0.2, 0) is 4.79 Å². The molecule has 1 saturated heterocycles. The fourth-order valence-corrected chi connectivity index (χ4v) is 3.08. The molecular formula is C19H23ClN2O. The number of nitrogens with one attached hydrogen (secondary N) is 1. The van der Waals surface area contributed by atoms with Crippen molar-refractivity contribution in [1.29, 1.82) is 0 Å². The molecule has 1 N–H and O–H groups in total. The fourth-order valence-electron chi connectivity index (χ4n) is 3.08. The number of piperazine rings is 1. The first-order chi connectivity index (χ1) is 10.8. The summed E-state index contributed by atoms with van der Waals surface area (Å²) in [7, 11) is 0. The number of rotatable bonds is 3. The molecular weight excluding hydrogens is 308 g/mol. The zero-order valence-corrected chi connectivity index (χ0v) is 14.1. The van der Waals surface area contributed by atoms with Crippen LogP contribution in [0.2, 0.25) is 0 Å². The van der Waals surface area contributed by atoms with E-state index in [0.29, 0.717) is 6.04 Å². The molecule has 0 aromatic heterocycles. The largest absolute Gasteiger partial charge is 0.339 e. The van der Waals surface area contributed by atoms with Crippen LogP contribution in [0.1, 0.15) is 24.0 Å². The normalized spacial score (nSPS) is 17.7. The minimum absolute atomic E-state index is 0. The number of hydrogen-bond donors (Lipinski definition) is 1. The van der Waals surface area contributed by atoms with Gasteiger partial charge in [0, 0.05) is 25.7 Å². The Balaban J connectivity index is 0.00000192. The predicted molar refractivity (Wildman–Crippen MR) is 96.0 cm³/mol. The summed E-state index contributed by atoms with van der Waals surface area (Å²) in [6.45, 7) is 4.54. The predicted octanol–water partition coefficient (Wildman–Crippen LogP) is 3.06. The van der Waals surface area contributed by atoms with E-state index in [1.807, 2.05) is 65.6 Å². The maximum atomic E-state index is 13.1. The summed E-state index contributed by atoms with van der Waals surface area (Å²) in [5, 5.41) is 3.39. The maximum Gasteiger partial charge on any atom is 0.234 e. The van der Waals surface area contributed by atoms with E-state index in [0.717, 1.165) is 30.8 Å². The van der Waals surface area contributed by atoms with Crippen molar-refractivity contribution in [2.75, 3.05) is 19.6 Å². The number of halogens is 1. The summed E-state index contributed by atoms with van der Waals surface area (Å²) >= 11 is 0. The minimum atomic E-state index is -0.215. The lowest BCUT2D eigenvalue weighted by Gasteiger charge is -2.34. The van der Waals surface area contributed by atoms with Gasteiger partial charge in [0.2, 0.25) is 5.91 Å². The smallest absolute Gasteiger partial charge is 0.234 e. The SMILES string of the molecule is CC1CN(C(=O)C(c2ccccc2)c2ccccc2)CCN1.Cl.